The zero-order valence-electron chi connectivity index (χ0n) is 12.8. The Hall–Kier alpha value is -2.63. The second kappa shape index (κ2) is 6.89. The van der Waals surface area contributed by atoms with Crippen LogP contribution in [0.4, 0.5) is 0 Å². The van der Waals surface area contributed by atoms with Gasteiger partial charge in [0, 0.05) is 18.0 Å². The molecule has 0 saturated carbocycles. The summed E-state index contributed by atoms with van der Waals surface area (Å²) in [6.45, 7) is 6.20. The summed E-state index contributed by atoms with van der Waals surface area (Å²) >= 11 is 0. The van der Waals surface area contributed by atoms with E-state index in [9.17, 15) is 9.59 Å². The highest BCUT2D eigenvalue weighted by Gasteiger charge is 2.21. The van der Waals surface area contributed by atoms with Crippen molar-refractivity contribution in [1.29, 1.82) is 0 Å². The Labute approximate surface area is 128 Å². The van der Waals surface area contributed by atoms with Gasteiger partial charge in [0.1, 0.15) is 11.5 Å². The highest BCUT2D eigenvalue weighted by Crippen LogP contribution is 2.20. The molecule has 0 unspecified atom stereocenters. The summed E-state index contributed by atoms with van der Waals surface area (Å²) in [5.41, 5.74) is 0.675. The summed E-state index contributed by atoms with van der Waals surface area (Å²) in [5, 5.41) is 2.70. The maximum absolute atomic E-state index is 12.1. The zero-order valence-corrected chi connectivity index (χ0v) is 12.8. The molecule has 1 N–H and O–H groups in total. The molecule has 0 radical (unpaired) electrons. The van der Waals surface area contributed by atoms with Crippen LogP contribution in [0.25, 0.3) is 0 Å². The van der Waals surface area contributed by atoms with Gasteiger partial charge in [-0.2, -0.15) is 0 Å². The Kier molecular flexibility index (Phi) is 4.93. The van der Waals surface area contributed by atoms with Gasteiger partial charge in [0.2, 0.25) is 0 Å². The minimum absolute atomic E-state index is 0.0326. The van der Waals surface area contributed by atoms with Gasteiger partial charge in [-0.15, -0.1) is 0 Å². The summed E-state index contributed by atoms with van der Waals surface area (Å²) in [7, 11) is 0. The average molecular weight is 302 g/mol. The fourth-order valence-corrected chi connectivity index (χ4v) is 1.91. The summed E-state index contributed by atoms with van der Waals surface area (Å²) in [6.07, 6.45) is 1.23. The van der Waals surface area contributed by atoms with Crippen LogP contribution in [0.3, 0.4) is 0 Å². The van der Waals surface area contributed by atoms with Crippen molar-refractivity contribution in [2.24, 2.45) is 0 Å². The molecule has 22 heavy (non-hydrogen) atoms. The first kappa shape index (κ1) is 15.8. The van der Waals surface area contributed by atoms with Crippen LogP contribution in [0.1, 0.15) is 53.3 Å². The monoisotopic (exact) mass is 302 g/mol. The summed E-state index contributed by atoms with van der Waals surface area (Å²) in [5.74, 6) is 0.118. The van der Waals surface area contributed by atoms with Crippen LogP contribution < -0.4 is 10.1 Å². The van der Waals surface area contributed by atoms with Gasteiger partial charge in [-0.1, -0.05) is 13.8 Å². The van der Waals surface area contributed by atoms with Crippen LogP contribution in [0.5, 0.6) is 5.75 Å². The first-order chi connectivity index (χ1) is 10.5. The number of rotatable bonds is 5. The number of ether oxygens (including phenoxy) is 1. The number of aromatic nitrogens is 1. The Morgan fingerprint density at radius 3 is 2.55 bits per heavy atom. The second-order valence-corrected chi connectivity index (χ2v) is 4.99. The molecule has 0 aliphatic carbocycles. The van der Waals surface area contributed by atoms with E-state index in [0.717, 1.165) is 0 Å². The highest BCUT2D eigenvalue weighted by molar-refractivity contribution is 5.94. The van der Waals surface area contributed by atoms with E-state index in [2.05, 4.69) is 10.3 Å². The maximum Gasteiger partial charge on any atom is 0.366 e. The Morgan fingerprint density at radius 1 is 1.27 bits per heavy atom. The van der Waals surface area contributed by atoms with Crippen LogP contribution in [-0.4, -0.2) is 23.4 Å². The zero-order chi connectivity index (χ0) is 16.1. The van der Waals surface area contributed by atoms with E-state index in [1.54, 1.807) is 24.3 Å². The highest BCUT2D eigenvalue weighted by atomic mass is 16.5. The van der Waals surface area contributed by atoms with Gasteiger partial charge < -0.3 is 14.5 Å². The number of hydrogen-bond acceptors (Lipinski definition) is 5. The molecular weight excluding hydrogens is 284 g/mol. The normalized spacial score (nSPS) is 10.5. The lowest BCUT2D eigenvalue weighted by molar-refractivity contribution is 0.0726. The molecule has 0 atom stereocenters. The number of nitrogens with one attached hydrogen (secondary N) is 1. The quantitative estimate of drug-likeness (QED) is 0.678. The lowest BCUT2D eigenvalue weighted by Gasteiger charge is -2.06. The molecule has 0 aliphatic heterocycles. The van der Waals surface area contributed by atoms with Crippen LogP contribution in [0.2, 0.25) is 0 Å². The fourth-order valence-electron chi connectivity index (χ4n) is 1.91. The molecule has 0 aliphatic rings. The van der Waals surface area contributed by atoms with Gasteiger partial charge in [-0.3, -0.25) is 4.79 Å². The Balaban J connectivity index is 2.09. The van der Waals surface area contributed by atoms with Crippen molar-refractivity contribution in [2.75, 3.05) is 6.54 Å². The van der Waals surface area contributed by atoms with Crippen LogP contribution in [-0.2, 0) is 0 Å². The number of carbonyl (C=O) groups is 2. The molecule has 0 fully saturated rings. The van der Waals surface area contributed by atoms with Crippen LogP contribution in [0.15, 0.2) is 35.1 Å². The Bertz CT molecular complexity index is 659. The molecule has 1 aromatic heterocycles. The number of hydrogen-bond donors (Lipinski definition) is 1. The predicted octanol–water partition coefficient (Wildman–Crippen LogP) is 2.77. The van der Waals surface area contributed by atoms with E-state index in [0.29, 0.717) is 23.6 Å². The van der Waals surface area contributed by atoms with Gasteiger partial charge in [0.05, 0.1) is 0 Å². The SMILES string of the molecule is CCNC(=O)c1ccc(OC(=O)c2ncoc2C(C)C)cc1. The lowest BCUT2D eigenvalue weighted by atomic mass is 10.1. The van der Waals surface area contributed by atoms with Gasteiger partial charge in [-0.05, 0) is 31.2 Å². The second-order valence-electron chi connectivity index (χ2n) is 4.99. The molecule has 0 saturated heterocycles. The van der Waals surface area contributed by atoms with Crippen LogP contribution in [0, 0.1) is 0 Å². The third-order valence-electron chi connectivity index (χ3n) is 2.98. The van der Waals surface area contributed by atoms with Crippen molar-refractivity contribution in [3.8, 4) is 5.75 Å². The third kappa shape index (κ3) is 3.52. The van der Waals surface area contributed by atoms with Crippen molar-refractivity contribution in [2.45, 2.75) is 26.7 Å². The number of amides is 1. The molecule has 0 spiro atoms. The number of benzene rings is 1. The minimum atomic E-state index is -0.580. The first-order valence-electron chi connectivity index (χ1n) is 7.06. The number of oxazole rings is 1. The van der Waals surface area contributed by atoms with Crippen molar-refractivity contribution >= 4 is 11.9 Å². The first-order valence-corrected chi connectivity index (χ1v) is 7.06. The molecule has 0 bridgehead atoms. The van der Waals surface area contributed by atoms with Crippen molar-refractivity contribution < 1.29 is 18.7 Å². The molecular formula is C16H18N2O4. The maximum atomic E-state index is 12.1. The summed E-state index contributed by atoms with van der Waals surface area (Å²) in [6, 6.07) is 6.33. The molecule has 1 aromatic carbocycles. The molecule has 116 valence electrons. The average Bonchev–Trinajstić information content (AvgIpc) is 2.98. The Morgan fingerprint density at radius 2 is 1.95 bits per heavy atom. The smallest absolute Gasteiger partial charge is 0.366 e. The lowest BCUT2D eigenvalue weighted by Crippen LogP contribution is -2.22. The van der Waals surface area contributed by atoms with E-state index in [1.165, 1.54) is 6.39 Å². The molecule has 6 heteroatoms. The summed E-state index contributed by atoms with van der Waals surface area (Å²) in [4.78, 5) is 27.6. The van der Waals surface area contributed by atoms with Crippen molar-refractivity contribution in [1.82, 2.24) is 10.3 Å². The van der Waals surface area contributed by atoms with E-state index < -0.39 is 5.97 Å². The number of nitrogens with zero attached hydrogens (tertiary/aromatic N) is 1. The number of esters is 1. The van der Waals surface area contributed by atoms with E-state index in [1.807, 2.05) is 20.8 Å². The standard InChI is InChI=1S/C16H18N2O4/c1-4-17-15(19)11-5-7-12(8-6-11)22-16(20)13-14(10(2)3)21-9-18-13/h5-10H,4H2,1-3H3,(H,17,19). The molecule has 6 nitrogen and oxygen atoms in total. The topological polar surface area (TPSA) is 81.4 Å². The van der Waals surface area contributed by atoms with Crippen LogP contribution >= 0.6 is 0 Å². The van der Waals surface area contributed by atoms with Gasteiger partial charge in [0.25, 0.3) is 5.91 Å². The molecule has 1 amide bonds. The third-order valence-corrected chi connectivity index (χ3v) is 2.98. The molecule has 2 rings (SSSR count). The summed E-state index contributed by atoms with van der Waals surface area (Å²) < 4.78 is 10.4. The predicted molar refractivity (Wildman–Crippen MR) is 80.0 cm³/mol. The minimum Gasteiger partial charge on any atom is -0.447 e. The van der Waals surface area contributed by atoms with Crippen molar-refractivity contribution in [3.63, 3.8) is 0 Å². The van der Waals surface area contributed by atoms with E-state index in [4.69, 9.17) is 9.15 Å². The largest absolute Gasteiger partial charge is 0.447 e. The van der Waals surface area contributed by atoms with Gasteiger partial charge in [-0.25, -0.2) is 9.78 Å². The van der Waals surface area contributed by atoms with Gasteiger partial charge in [0.15, 0.2) is 12.1 Å². The van der Waals surface area contributed by atoms with Gasteiger partial charge >= 0.3 is 5.97 Å². The van der Waals surface area contributed by atoms with E-state index in [-0.39, 0.29) is 17.5 Å². The molecule has 2 aromatic rings. The van der Waals surface area contributed by atoms with Crippen molar-refractivity contribution in [3.05, 3.63) is 47.7 Å². The van der Waals surface area contributed by atoms with E-state index >= 15 is 0 Å². The molecule has 1 heterocycles. The number of carbonyl (C=O) groups excluding carboxylic acids is 2. The fraction of sp³-hybridized carbons (Fsp3) is 0.312.